The minimum Gasteiger partial charge on any atom is -0.477 e. The molecule has 2 heterocycles. The van der Waals surface area contributed by atoms with Crippen molar-refractivity contribution < 1.29 is 41.0 Å². The smallest absolute Gasteiger partial charge is 0.414 e. The van der Waals surface area contributed by atoms with E-state index in [4.69, 9.17) is 9.47 Å². The lowest BCUT2D eigenvalue weighted by atomic mass is 9.99. The number of carbonyl (C=O) groups is 1. The van der Waals surface area contributed by atoms with Gasteiger partial charge in [0.05, 0.1) is 36.5 Å². The zero-order valence-electron chi connectivity index (χ0n) is 22.1. The summed E-state index contributed by atoms with van der Waals surface area (Å²) in [6.07, 6.45) is -5.91. The van der Waals surface area contributed by atoms with E-state index in [9.17, 15) is 31.5 Å². The van der Waals surface area contributed by atoms with Crippen LogP contribution in [0.4, 0.5) is 13.2 Å². The number of hydrogen-bond acceptors (Lipinski definition) is 7. The van der Waals surface area contributed by atoms with E-state index < -0.39 is 40.7 Å². The van der Waals surface area contributed by atoms with Gasteiger partial charge in [-0.1, -0.05) is 19.1 Å². The maximum Gasteiger partial charge on any atom is 0.414 e. The van der Waals surface area contributed by atoms with Gasteiger partial charge in [0.15, 0.2) is 15.9 Å². The lowest BCUT2D eigenvalue weighted by molar-refractivity contribution is -0.236. The quantitative estimate of drug-likeness (QED) is 0.382. The lowest BCUT2D eigenvalue weighted by Crippen LogP contribution is -2.38. The molecule has 0 radical (unpaired) electrons. The third-order valence-corrected chi connectivity index (χ3v) is 8.64. The molecule has 1 aliphatic rings. The standard InChI is InChI=1S/C28H31F3N2O6S/c1-3-40(36,37)22-8-5-19(6-9-22)24(14-34)33-26(35)20-7-10-23-21(13-20)12-17(2)32-27(23)39-16-18-4-11-25(38-15-18)28(29,30)31/h5-10,12-13,18,24-25,34H,3-4,11,14-16H2,1-2H3,(H,33,35)/t18-,24?,25+/m1/s1. The number of aliphatic hydroxyl groups is 1. The molecule has 1 saturated heterocycles. The first-order chi connectivity index (χ1) is 18.9. The fraction of sp³-hybridized carbons (Fsp3) is 0.429. The normalized spacial score (nSPS) is 18.9. The molecule has 0 aliphatic carbocycles. The number of pyridine rings is 1. The number of aliphatic hydroxyl groups excluding tert-OH is 1. The predicted octanol–water partition coefficient (Wildman–Crippen LogP) is 4.54. The Labute approximate surface area is 230 Å². The Balaban J connectivity index is 1.45. The van der Waals surface area contributed by atoms with Crippen LogP contribution in [-0.2, 0) is 14.6 Å². The van der Waals surface area contributed by atoms with Crippen molar-refractivity contribution in [1.82, 2.24) is 10.3 Å². The summed E-state index contributed by atoms with van der Waals surface area (Å²) >= 11 is 0. The Kier molecular flexibility index (Phi) is 9.01. The first-order valence-electron chi connectivity index (χ1n) is 12.9. The van der Waals surface area contributed by atoms with Crippen LogP contribution in [0.3, 0.4) is 0 Å². The van der Waals surface area contributed by atoms with Gasteiger partial charge in [0.1, 0.15) is 0 Å². The van der Waals surface area contributed by atoms with Gasteiger partial charge in [-0.05, 0) is 67.1 Å². The number of benzene rings is 2. The first-order valence-corrected chi connectivity index (χ1v) is 14.5. The Hall–Kier alpha value is -3.22. The fourth-order valence-electron chi connectivity index (χ4n) is 4.55. The summed E-state index contributed by atoms with van der Waals surface area (Å²) in [5.41, 5.74) is 1.51. The van der Waals surface area contributed by atoms with E-state index in [-0.39, 0.29) is 36.2 Å². The van der Waals surface area contributed by atoms with Crippen LogP contribution in [0.1, 0.15) is 47.4 Å². The van der Waals surface area contributed by atoms with Crippen LogP contribution < -0.4 is 10.1 Å². The third-order valence-electron chi connectivity index (χ3n) is 6.89. The van der Waals surface area contributed by atoms with Crippen LogP contribution >= 0.6 is 0 Å². The van der Waals surface area contributed by atoms with E-state index >= 15 is 0 Å². The number of nitrogens with zero attached hydrogens (tertiary/aromatic N) is 1. The molecule has 1 aliphatic heterocycles. The van der Waals surface area contributed by atoms with Crippen molar-refractivity contribution in [2.24, 2.45) is 5.92 Å². The zero-order chi connectivity index (χ0) is 29.1. The highest BCUT2D eigenvalue weighted by molar-refractivity contribution is 7.91. The number of amides is 1. The average Bonchev–Trinajstić information content (AvgIpc) is 2.93. The predicted molar refractivity (Wildman–Crippen MR) is 142 cm³/mol. The monoisotopic (exact) mass is 580 g/mol. The number of nitrogens with one attached hydrogen (secondary N) is 1. The van der Waals surface area contributed by atoms with E-state index in [0.717, 1.165) is 0 Å². The summed E-state index contributed by atoms with van der Waals surface area (Å²) in [7, 11) is -3.37. The van der Waals surface area contributed by atoms with Crippen LogP contribution in [0, 0.1) is 12.8 Å². The maximum atomic E-state index is 13.0. The molecule has 8 nitrogen and oxygen atoms in total. The minimum absolute atomic E-state index is 0.0341. The van der Waals surface area contributed by atoms with Gasteiger partial charge in [0, 0.05) is 22.6 Å². The van der Waals surface area contributed by atoms with Gasteiger partial charge >= 0.3 is 6.18 Å². The molecule has 3 aromatic rings. The molecule has 3 atom stereocenters. The summed E-state index contributed by atoms with van der Waals surface area (Å²) in [4.78, 5) is 17.6. The van der Waals surface area contributed by atoms with Crippen molar-refractivity contribution in [2.45, 2.75) is 49.9 Å². The number of aromatic nitrogens is 1. The molecule has 216 valence electrons. The molecule has 1 fully saturated rings. The average molecular weight is 581 g/mol. The summed E-state index contributed by atoms with van der Waals surface area (Å²) in [6.45, 7) is 3.02. The van der Waals surface area contributed by atoms with Crippen molar-refractivity contribution >= 4 is 26.5 Å². The van der Waals surface area contributed by atoms with E-state index in [2.05, 4.69) is 10.3 Å². The number of halogens is 3. The minimum atomic E-state index is -4.37. The second-order valence-corrected chi connectivity index (χ2v) is 12.1. The van der Waals surface area contributed by atoms with Crippen molar-refractivity contribution in [3.8, 4) is 5.88 Å². The molecular formula is C28H31F3N2O6S. The molecule has 12 heteroatoms. The number of carbonyl (C=O) groups excluding carboxylic acids is 1. The van der Waals surface area contributed by atoms with E-state index in [1.54, 1.807) is 50.2 Å². The highest BCUT2D eigenvalue weighted by atomic mass is 32.2. The summed E-state index contributed by atoms with van der Waals surface area (Å²) in [5.74, 6) is -0.363. The van der Waals surface area contributed by atoms with Crippen LogP contribution in [0.5, 0.6) is 5.88 Å². The summed E-state index contributed by atoms with van der Waals surface area (Å²) < 4.78 is 73.5. The van der Waals surface area contributed by atoms with Gasteiger partial charge in [-0.3, -0.25) is 4.79 Å². The van der Waals surface area contributed by atoms with Gasteiger partial charge in [-0.15, -0.1) is 0 Å². The maximum absolute atomic E-state index is 13.0. The van der Waals surface area contributed by atoms with Gasteiger partial charge in [0.25, 0.3) is 5.91 Å². The van der Waals surface area contributed by atoms with Crippen molar-refractivity contribution in [2.75, 3.05) is 25.6 Å². The molecule has 1 amide bonds. The van der Waals surface area contributed by atoms with E-state index in [0.29, 0.717) is 39.9 Å². The van der Waals surface area contributed by atoms with Gasteiger partial charge in [-0.2, -0.15) is 13.2 Å². The topological polar surface area (TPSA) is 115 Å². The third kappa shape index (κ3) is 6.91. The Morgan fingerprint density at radius 1 is 1.18 bits per heavy atom. The molecule has 1 unspecified atom stereocenters. The largest absolute Gasteiger partial charge is 0.477 e. The number of aryl methyl sites for hydroxylation is 1. The fourth-order valence-corrected chi connectivity index (χ4v) is 5.43. The van der Waals surface area contributed by atoms with Crippen LogP contribution in [0.2, 0.25) is 0 Å². The second-order valence-electron chi connectivity index (χ2n) is 9.80. The lowest BCUT2D eigenvalue weighted by Gasteiger charge is -2.30. The van der Waals surface area contributed by atoms with Crippen LogP contribution in [-0.4, -0.2) is 62.3 Å². The molecule has 0 bridgehead atoms. The van der Waals surface area contributed by atoms with E-state index in [1.807, 2.05) is 0 Å². The molecule has 40 heavy (non-hydrogen) atoms. The molecule has 2 N–H and O–H groups in total. The number of fused-ring (bicyclic) bond motifs is 1. The number of alkyl halides is 3. The van der Waals surface area contributed by atoms with Gasteiger partial charge in [-0.25, -0.2) is 13.4 Å². The summed E-state index contributed by atoms with van der Waals surface area (Å²) in [6, 6.07) is 12.0. The van der Waals surface area contributed by atoms with Crippen molar-refractivity contribution in [3.63, 3.8) is 0 Å². The molecule has 1 aromatic heterocycles. The SMILES string of the molecule is CCS(=O)(=O)c1ccc(C(CO)NC(=O)c2ccc3c(OC[C@@H]4CC[C@@H](C(F)(F)F)OC4)nc(C)cc3c2)cc1. The van der Waals surface area contributed by atoms with Gasteiger partial charge in [0.2, 0.25) is 5.88 Å². The van der Waals surface area contributed by atoms with Gasteiger partial charge < -0.3 is 19.9 Å². The van der Waals surface area contributed by atoms with E-state index in [1.165, 1.54) is 12.1 Å². The zero-order valence-corrected chi connectivity index (χ0v) is 22.9. The molecule has 0 saturated carbocycles. The molecular weight excluding hydrogens is 549 g/mol. The molecule has 2 aromatic carbocycles. The second kappa shape index (κ2) is 12.1. The highest BCUT2D eigenvalue weighted by Crippen LogP contribution is 2.32. The number of ether oxygens (including phenoxy) is 2. The molecule has 4 rings (SSSR count). The Morgan fingerprint density at radius 3 is 2.50 bits per heavy atom. The summed E-state index contributed by atoms with van der Waals surface area (Å²) in [5, 5.41) is 14.0. The Morgan fingerprint density at radius 2 is 1.90 bits per heavy atom. The Bertz CT molecular complexity index is 1450. The van der Waals surface area contributed by atoms with Crippen molar-refractivity contribution in [1.29, 1.82) is 0 Å². The highest BCUT2D eigenvalue weighted by Gasteiger charge is 2.43. The van der Waals surface area contributed by atoms with Crippen molar-refractivity contribution in [3.05, 3.63) is 65.4 Å². The number of sulfone groups is 1. The van der Waals surface area contributed by atoms with Crippen LogP contribution in [0.25, 0.3) is 10.8 Å². The number of rotatable bonds is 9. The first kappa shape index (κ1) is 29.8. The molecule has 0 spiro atoms. The van der Waals surface area contributed by atoms with Crippen LogP contribution in [0.15, 0.2) is 53.4 Å². The number of hydrogen-bond donors (Lipinski definition) is 2.